The van der Waals surface area contributed by atoms with Crippen molar-refractivity contribution >= 4 is 22.4 Å². The Bertz CT molecular complexity index is 575. The smallest absolute Gasteiger partial charge is 0.339 e. The summed E-state index contributed by atoms with van der Waals surface area (Å²) in [6.07, 6.45) is 0. The van der Waals surface area contributed by atoms with E-state index >= 15 is 0 Å². The van der Waals surface area contributed by atoms with Gasteiger partial charge in [-0.1, -0.05) is 30.8 Å². The third kappa shape index (κ3) is 2.33. The van der Waals surface area contributed by atoms with Gasteiger partial charge in [-0.15, -0.1) is 0 Å². The number of pyridine rings is 1. The van der Waals surface area contributed by atoms with E-state index in [0.29, 0.717) is 12.3 Å². The fourth-order valence-corrected chi connectivity index (χ4v) is 1.56. The summed E-state index contributed by atoms with van der Waals surface area (Å²) < 4.78 is 4.89. The monoisotopic (exact) mass is 227 g/mol. The van der Waals surface area contributed by atoms with Crippen LogP contribution in [0.25, 0.3) is 16.5 Å². The van der Waals surface area contributed by atoms with Gasteiger partial charge in [0, 0.05) is 5.39 Å². The van der Waals surface area contributed by atoms with Crippen molar-refractivity contribution in [2.24, 2.45) is 0 Å². The highest BCUT2D eigenvalue weighted by Gasteiger charge is 2.11. The minimum absolute atomic E-state index is 0.289. The molecular weight excluding hydrogens is 214 g/mol. The lowest BCUT2D eigenvalue weighted by Gasteiger charge is -2.05. The molecule has 3 heteroatoms. The summed E-state index contributed by atoms with van der Waals surface area (Å²) in [7, 11) is 0. The average molecular weight is 227 g/mol. The molecule has 2 aromatic rings. The number of esters is 1. The molecule has 86 valence electrons. The molecule has 0 aliphatic carbocycles. The Morgan fingerprint density at radius 1 is 1.29 bits per heavy atom. The van der Waals surface area contributed by atoms with E-state index in [2.05, 4.69) is 11.6 Å². The van der Waals surface area contributed by atoms with Gasteiger partial charge >= 0.3 is 5.97 Å². The van der Waals surface area contributed by atoms with E-state index in [4.69, 9.17) is 4.74 Å². The molecular formula is C14H13NO2. The highest BCUT2D eigenvalue weighted by Crippen LogP contribution is 2.17. The zero-order chi connectivity index (χ0) is 12.3. The molecule has 17 heavy (non-hydrogen) atoms. The van der Waals surface area contributed by atoms with Crippen LogP contribution < -0.4 is 0 Å². The molecule has 3 nitrogen and oxygen atoms in total. The molecule has 0 fully saturated rings. The summed E-state index contributed by atoms with van der Waals surface area (Å²) in [6.45, 7) is 5.81. The molecule has 0 bridgehead atoms. The van der Waals surface area contributed by atoms with Crippen LogP contribution >= 0.6 is 0 Å². The second-order valence-corrected chi connectivity index (χ2v) is 3.59. The molecule has 1 heterocycles. The quantitative estimate of drug-likeness (QED) is 0.598. The number of aromatic nitrogens is 1. The van der Waals surface area contributed by atoms with Gasteiger partial charge in [0.25, 0.3) is 0 Å². The fourth-order valence-electron chi connectivity index (χ4n) is 1.56. The lowest BCUT2D eigenvalue weighted by molar-refractivity contribution is -0.136. The summed E-state index contributed by atoms with van der Waals surface area (Å²) >= 11 is 0. The molecule has 1 aromatic carbocycles. The number of para-hydroxylation sites is 1. The summed E-state index contributed by atoms with van der Waals surface area (Å²) in [6, 6.07) is 11.4. The van der Waals surface area contributed by atoms with E-state index < -0.39 is 5.97 Å². The van der Waals surface area contributed by atoms with Crippen LogP contribution in [0.5, 0.6) is 0 Å². The Labute approximate surface area is 99.7 Å². The Balaban J connectivity index is 2.36. The number of rotatable bonds is 3. The molecule has 0 amide bonds. The molecule has 0 unspecified atom stereocenters. The summed E-state index contributed by atoms with van der Waals surface area (Å²) in [4.78, 5) is 15.9. The van der Waals surface area contributed by atoms with Crippen molar-refractivity contribution in [2.45, 2.75) is 6.92 Å². The van der Waals surface area contributed by atoms with Crippen LogP contribution in [0.15, 0.2) is 43.0 Å². The van der Waals surface area contributed by atoms with Crippen LogP contribution in [0.2, 0.25) is 0 Å². The molecule has 1 aromatic heterocycles. The first kappa shape index (κ1) is 11.3. The van der Waals surface area contributed by atoms with Gasteiger partial charge in [0.05, 0.1) is 23.4 Å². The van der Waals surface area contributed by atoms with Crippen LogP contribution in [0.4, 0.5) is 0 Å². The van der Waals surface area contributed by atoms with E-state index in [1.54, 1.807) is 13.0 Å². The van der Waals surface area contributed by atoms with Crippen LogP contribution in [-0.4, -0.2) is 17.6 Å². The van der Waals surface area contributed by atoms with Gasteiger partial charge in [-0.3, -0.25) is 0 Å². The number of nitrogens with zero attached hydrogens (tertiary/aromatic N) is 1. The highest BCUT2D eigenvalue weighted by atomic mass is 16.5. The first-order chi connectivity index (χ1) is 8.22. The molecule has 0 atom stereocenters. The van der Waals surface area contributed by atoms with Crippen molar-refractivity contribution in [3.63, 3.8) is 0 Å². The standard InChI is InChI=1S/C14H13NO2/c1-3-17-14(16)10(2)12-9-8-11-6-4-5-7-13(11)15-12/h4-9H,2-3H2,1H3. The van der Waals surface area contributed by atoms with Crippen molar-refractivity contribution < 1.29 is 9.53 Å². The average Bonchev–Trinajstić information content (AvgIpc) is 2.37. The maximum Gasteiger partial charge on any atom is 0.339 e. The van der Waals surface area contributed by atoms with Crippen molar-refractivity contribution in [3.05, 3.63) is 48.7 Å². The van der Waals surface area contributed by atoms with Crippen LogP contribution in [0.1, 0.15) is 12.6 Å². The third-order valence-electron chi connectivity index (χ3n) is 2.43. The number of benzene rings is 1. The van der Waals surface area contributed by atoms with Gasteiger partial charge in [-0.05, 0) is 19.1 Å². The third-order valence-corrected chi connectivity index (χ3v) is 2.43. The Morgan fingerprint density at radius 3 is 2.82 bits per heavy atom. The van der Waals surface area contributed by atoms with Crippen molar-refractivity contribution in [2.75, 3.05) is 6.61 Å². The van der Waals surface area contributed by atoms with E-state index in [-0.39, 0.29) is 5.57 Å². The number of hydrogen-bond donors (Lipinski definition) is 0. The van der Waals surface area contributed by atoms with Crippen molar-refractivity contribution in [1.29, 1.82) is 0 Å². The largest absolute Gasteiger partial charge is 0.462 e. The zero-order valence-electron chi connectivity index (χ0n) is 9.64. The summed E-state index contributed by atoms with van der Waals surface area (Å²) in [5.41, 5.74) is 1.69. The highest BCUT2D eigenvalue weighted by molar-refractivity contribution is 6.15. The van der Waals surface area contributed by atoms with Crippen LogP contribution in [0, 0.1) is 0 Å². The predicted octanol–water partition coefficient (Wildman–Crippen LogP) is 2.81. The normalized spacial score (nSPS) is 10.2. The minimum atomic E-state index is -0.421. The fraction of sp³-hybridized carbons (Fsp3) is 0.143. The Kier molecular flexibility index (Phi) is 3.19. The number of carbonyl (C=O) groups is 1. The second-order valence-electron chi connectivity index (χ2n) is 3.59. The Hall–Kier alpha value is -2.16. The first-order valence-electron chi connectivity index (χ1n) is 5.44. The van der Waals surface area contributed by atoms with Gasteiger partial charge in [-0.25, -0.2) is 9.78 Å². The van der Waals surface area contributed by atoms with E-state index in [1.807, 2.05) is 30.3 Å². The van der Waals surface area contributed by atoms with Crippen molar-refractivity contribution in [1.82, 2.24) is 4.98 Å². The van der Waals surface area contributed by atoms with Gasteiger partial charge < -0.3 is 4.74 Å². The molecule has 2 rings (SSSR count). The molecule has 0 saturated carbocycles. The maximum atomic E-state index is 11.5. The maximum absolute atomic E-state index is 11.5. The minimum Gasteiger partial charge on any atom is -0.462 e. The molecule has 0 N–H and O–H groups in total. The SMILES string of the molecule is C=C(C(=O)OCC)c1ccc2ccccc2n1. The molecule has 0 aliphatic rings. The van der Waals surface area contributed by atoms with Crippen LogP contribution in [-0.2, 0) is 9.53 Å². The summed E-state index contributed by atoms with van der Waals surface area (Å²) in [5, 5.41) is 1.04. The first-order valence-corrected chi connectivity index (χ1v) is 5.44. The number of ether oxygens (including phenoxy) is 1. The number of hydrogen-bond acceptors (Lipinski definition) is 3. The number of fused-ring (bicyclic) bond motifs is 1. The van der Waals surface area contributed by atoms with E-state index in [9.17, 15) is 4.79 Å². The molecule has 0 spiro atoms. The second kappa shape index (κ2) is 4.78. The topological polar surface area (TPSA) is 39.2 Å². The van der Waals surface area contributed by atoms with Gasteiger partial charge in [-0.2, -0.15) is 0 Å². The predicted molar refractivity (Wildman–Crippen MR) is 67.4 cm³/mol. The molecule has 0 radical (unpaired) electrons. The molecule has 0 aliphatic heterocycles. The van der Waals surface area contributed by atoms with Crippen LogP contribution in [0.3, 0.4) is 0 Å². The lowest BCUT2D eigenvalue weighted by Crippen LogP contribution is -2.06. The van der Waals surface area contributed by atoms with E-state index in [0.717, 1.165) is 10.9 Å². The van der Waals surface area contributed by atoms with Gasteiger partial charge in [0.2, 0.25) is 0 Å². The zero-order valence-corrected chi connectivity index (χ0v) is 9.64. The van der Waals surface area contributed by atoms with Gasteiger partial charge in [0.1, 0.15) is 0 Å². The lowest BCUT2D eigenvalue weighted by atomic mass is 10.1. The van der Waals surface area contributed by atoms with Gasteiger partial charge in [0.15, 0.2) is 0 Å². The van der Waals surface area contributed by atoms with Crippen molar-refractivity contribution in [3.8, 4) is 0 Å². The molecule has 0 saturated heterocycles. The number of carbonyl (C=O) groups excluding carboxylic acids is 1. The summed E-state index contributed by atoms with van der Waals surface area (Å²) in [5.74, 6) is -0.421. The van der Waals surface area contributed by atoms with E-state index in [1.165, 1.54) is 0 Å². The Morgan fingerprint density at radius 2 is 2.06 bits per heavy atom.